The number of nitrogens with one attached hydrogen (secondary N) is 2. The van der Waals surface area contributed by atoms with E-state index >= 15 is 0 Å². The number of hydrogen-bond acceptors (Lipinski definition) is 3. The Morgan fingerprint density at radius 2 is 1.76 bits per heavy atom. The monoisotopic (exact) mass is 296 g/mol. The lowest BCUT2D eigenvalue weighted by Crippen LogP contribution is -2.46. The SMILES string of the molecule is CCC1CCC(NC(=O)NC(=O)C(C)=C(C)C(=O)O)C1C. The Morgan fingerprint density at radius 3 is 2.24 bits per heavy atom. The van der Waals surface area contributed by atoms with Crippen molar-refractivity contribution in [1.29, 1.82) is 0 Å². The Hall–Kier alpha value is -1.85. The summed E-state index contributed by atoms with van der Waals surface area (Å²) in [4.78, 5) is 34.4. The Kier molecular flexibility index (Phi) is 5.93. The first kappa shape index (κ1) is 17.2. The molecule has 0 aromatic heterocycles. The minimum Gasteiger partial charge on any atom is -0.478 e. The van der Waals surface area contributed by atoms with Crippen LogP contribution in [-0.2, 0) is 9.59 Å². The van der Waals surface area contributed by atoms with Crippen LogP contribution in [0.25, 0.3) is 0 Å². The summed E-state index contributed by atoms with van der Waals surface area (Å²) in [7, 11) is 0. The van der Waals surface area contributed by atoms with Crippen LogP contribution in [0.3, 0.4) is 0 Å². The van der Waals surface area contributed by atoms with Crippen LogP contribution in [0, 0.1) is 11.8 Å². The van der Waals surface area contributed by atoms with E-state index in [4.69, 9.17) is 5.11 Å². The lowest BCUT2D eigenvalue weighted by Gasteiger charge is -2.21. The van der Waals surface area contributed by atoms with Crippen LogP contribution < -0.4 is 10.6 Å². The van der Waals surface area contributed by atoms with E-state index in [1.54, 1.807) is 0 Å². The molecule has 0 spiro atoms. The van der Waals surface area contributed by atoms with Crippen molar-refractivity contribution >= 4 is 17.9 Å². The third kappa shape index (κ3) is 4.31. The molecular weight excluding hydrogens is 272 g/mol. The van der Waals surface area contributed by atoms with E-state index < -0.39 is 17.9 Å². The predicted molar refractivity (Wildman–Crippen MR) is 78.7 cm³/mol. The normalized spacial score (nSPS) is 26.0. The summed E-state index contributed by atoms with van der Waals surface area (Å²) in [6.45, 7) is 6.96. The van der Waals surface area contributed by atoms with E-state index in [-0.39, 0.29) is 17.2 Å². The first-order valence-corrected chi connectivity index (χ1v) is 7.30. The van der Waals surface area contributed by atoms with E-state index in [9.17, 15) is 14.4 Å². The zero-order chi connectivity index (χ0) is 16.2. The third-order valence-electron chi connectivity index (χ3n) is 4.52. The van der Waals surface area contributed by atoms with Gasteiger partial charge in [0.25, 0.3) is 5.91 Å². The number of carbonyl (C=O) groups is 3. The van der Waals surface area contributed by atoms with Crippen molar-refractivity contribution < 1.29 is 19.5 Å². The summed E-state index contributed by atoms with van der Waals surface area (Å²) in [6.07, 6.45) is 3.07. The van der Waals surface area contributed by atoms with Gasteiger partial charge in [0.1, 0.15) is 0 Å². The molecule has 0 bridgehead atoms. The number of carboxylic acids is 1. The van der Waals surface area contributed by atoms with Crippen molar-refractivity contribution in [2.45, 2.75) is 53.0 Å². The van der Waals surface area contributed by atoms with Crippen LogP contribution in [0.4, 0.5) is 4.79 Å². The number of imide groups is 1. The molecule has 1 saturated carbocycles. The molecule has 0 aromatic carbocycles. The van der Waals surface area contributed by atoms with Gasteiger partial charge in [-0.25, -0.2) is 9.59 Å². The maximum atomic E-state index is 11.8. The topological polar surface area (TPSA) is 95.5 Å². The van der Waals surface area contributed by atoms with E-state index in [1.807, 2.05) is 0 Å². The van der Waals surface area contributed by atoms with Crippen molar-refractivity contribution in [2.24, 2.45) is 11.8 Å². The fraction of sp³-hybridized carbons (Fsp3) is 0.667. The highest BCUT2D eigenvalue weighted by molar-refractivity contribution is 6.07. The molecule has 0 aliphatic heterocycles. The standard InChI is InChI=1S/C15H24N2O4/c1-5-11-6-7-12(10(11)4)16-15(21)17-13(18)8(2)9(3)14(19)20/h10-12H,5-7H2,1-4H3,(H,19,20)(H2,16,17,18,21). The van der Waals surface area contributed by atoms with Crippen LogP contribution in [0.5, 0.6) is 0 Å². The molecule has 3 amide bonds. The molecule has 1 aliphatic rings. The number of rotatable bonds is 4. The molecule has 0 heterocycles. The molecule has 0 radical (unpaired) electrons. The molecule has 0 saturated heterocycles. The molecule has 6 heteroatoms. The van der Waals surface area contributed by atoms with E-state index in [2.05, 4.69) is 24.5 Å². The summed E-state index contributed by atoms with van der Waals surface area (Å²) in [6, 6.07) is -0.501. The Balaban J connectivity index is 2.57. The van der Waals surface area contributed by atoms with Gasteiger partial charge in [0.05, 0.1) is 0 Å². The Morgan fingerprint density at radius 1 is 1.14 bits per heavy atom. The lowest BCUT2D eigenvalue weighted by molar-refractivity contribution is -0.133. The van der Waals surface area contributed by atoms with Crippen molar-refractivity contribution in [3.63, 3.8) is 0 Å². The molecule has 1 aliphatic carbocycles. The number of carbonyl (C=O) groups excluding carboxylic acids is 2. The average Bonchev–Trinajstić information content (AvgIpc) is 2.77. The van der Waals surface area contributed by atoms with Gasteiger partial charge in [-0.05, 0) is 38.5 Å². The molecule has 3 unspecified atom stereocenters. The number of urea groups is 1. The number of hydrogen-bond donors (Lipinski definition) is 3. The summed E-state index contributed by atoms with van der Waals surface area (Å²) in [5.41, 5.74) is -0.0378. The second kappa shape index (κ2) is 7.24. The van der Waals surface area contributed by atoms with E-state index in [1.165, 1.54) is 13.8 Å². The van der Waals surface area contributed by atoms with Crippen LogP contribution in [0.1, 0.15) is 47.0 Å². The third-order valence-corrected chi connectivity index (χ3v) is 4.52. The summed E-state index contributed by atoms with van der Waals surface area (Å²) < 4.78 is 0. The maximum Gasteiger partial charge on any atom is 0.331 e. The van der Waals surface area contributed by atoms with Gasteiger partial charge < -0.3 is 10.4 Å². The fourth-order valence-electron chi connectivity index (χ4n) is 2.76. The van der Waals surface area contributed by atoms with Crippen LogP contribution in [-0.4, -0.2) is 29.1 Å². The summed E-state index contributed by atoms with van der Waals surface area (Å²) >= 11 is 0. The minimum atomic E-state index is -1.17. The van der Waals surface area contributed by atoms with Crippen molar-refractivity contribution in [2.75, 3.05) is 0 Å². The summed E-state index contributed by atoms with van der Waals surface area (Å²) in [5.74, 6) is -0.863. The van der Waals surface area contributed by atoms with Crippen LogP contribution in [0.15, 0.2) is 11.1 Å². The molecule has 118 valence electrons. The molecular formula is C15H24N2O4. The first-order chi connectivity index (χ1) is 9.77. The van der Waals surface area contributed by atoms with Crippen LogP contribution >= 0.6 is 0 Å². The maximum absolute atomic E-state index is 11.8. The smallest absolute Gasteiger partial charge is 0.331 e. The molecule has 3 atom stereocenters. The molecule has 3 N–H and O–H groups in total. The van der Waals surface area contributed by atoms with Gasteiger partial charge in [-0.15, -0.1) is 0 Å². The Labute approximate surface area is 125 Å². The highest BCUT2D eigenvalue weighted by atomic mass is 16.4. The predicted octanol–water partition coefficient (Wildman–Crippen LogP) is 2.06. The number of carboxylic acid groups (broad SMARTS) is 1. The molecule has 1 rings (SSSR count). The van der Waals surface area contributed by atoms with Gasteiger partial charge in [0.15, 0.2) is 0 Å². The van der Waals surface area contributed by atoms with Crippen LogP contribution in [0.2, 0.25) is 0 Å². The van der Waals surface area contributed by atoms with Crippen molar-refractivity contribution in [3.8, 4) is 0 Å². The summed E-state index contributed by atoms with van der Waals surface area (Å²) in [5, 5.41) is 13.8. The molecule has 6 nitrogen and oxygen atoms in total. The van der Waals surface area contributed by atoms with Gasteiger partial charge in [0, 0.05) is 17.2 Å². The zero-order valence-electron chi connectivity index (χ0n) is 13.0. The second-order valence-electron chi connectivity index (χ2n) is 5.69. The lowest BCUT2D eigenvalue weighted by atomic mass is 9.94. The van der Waals surface area contributed by atoms with E-state index in [0.29, 0.717) is 11.8 Å². The number of aliphatic carboxylic acids is 1. The molecule has 0 aromatic rings. The van der Waals surface area contributed by atoms with E-state index in [0.717, 1.165) is 19.3 Å². The van der Waals surface area contributed by atoms with Gasteiger partial charge in [-0.1, -0.05) is 20.3 Å². The van der Waals surface area contributed by atoms with Gasteiger partial charge in [0.2, 0.25) is 0 Å². The minimum absolute atomic E-state index is 0.0311. The first-order valence-electron chi connectivity index (χ1n) is 7.30. The van der Waals surface area contributed by atoms with Crippen molar-refractivity contribution in [1.82, 2.24) is 10.6 Å². The highest BCUT2D eigenvalue weighted by Gasteiger charge is 2.32. The molecule has 21 heavy (non-hydrogen) atoms. The highest BCUT2D eigenvalue weighted by Crippen LogP contribution is 2.33. The largest absolute Gasteiger partial charge is 0.478 e. The molecule has 1 fully saturated rings. The van der Waals surface area contributed by atoms with Gasteiger partial charge >= 0.3 is 12.0 Å². The Bertz CT molecular complexity index is 470. The van der Waals surface area contributed by atoms with Gasteiger partial charge in [-0.2, -0.15) is 0 Å². The average molecular weight is 296 g/mol. The second-order valence-corrected chi connectivity index (χ2v) is 5.69. The fourth-order valence-corrected chi connectivity index (χ4v) is 2.76. The van der Waals surface area contributed by atoms with Gasteiger partial charge in [-0.3, -0.25) is 10.1 Å². The zero-order valence-corrected chi connectivity index (χ0v) is 13.0. The quantitative estimate of drug-likeness (QED) is 0.692. The van der Waals surface area contributed by atoms with Crippen molar-refractivity contribution in [3.05, 3.63) is 11.1 Å². The number of amides is 3.